The number of nitrogens with zero attached hydrogens (tertiary/aromatic N) is 1. The van der Waals surface area contributed by atoms with Crippen molar-refractivity contribution in [3.8, 4) is 34.5 Å². The zero-order valence-electron chi connectivity index (χ0n) is 26.8. The van der Waals surface area contributed by atoms with Crippen LogP contribution in [0.15, 0.2) is 78.7 Å². The van der Waals surface area contributed by atoms with Crippen LogP contribution in [0.2, 0.25) is 0 Å². The summed E-state index contributed by atoms with van der Waals surface area (Å²) in [6, 6.07) is 21.1. The van der Waals surface area contributed by atoms with Crippen LogP contribution in [0.25, 0.3) is 17.0 Å². The number of methoxy groups -OCH3 is 2. The molecule has 5 aromatic rings. The third kappa shape index (κ3) is 5.12. The van der Waals surface area contributed by atoms with E-state index in [1.54, 1.807) is 32.4 Å². The van der Waals surface area contributed by atoms with Crippen LogP contribution in [0.3, 0.4) is 0 Å². The van der Waals surface area contributed by atoms with Gasteiger partial charge in [0.15, 0.2) is 17.3 Å². The Morgan fingerprint density at radius 2 is 1.79 bits per heavy atom. The molecule has 0 bridgehead atoms. The molecule has 1 aromatic heterocycles. The van der Waals surface area contributed by atoms with E-state index in [4.69, 9.17) is 28.4 Å². The summed E-state index contributed by atoms with van der Waals surface area (Å²) in [5.41, 5.74) is 6.10. The van der Waals surface area contributed by atoms with Gasteiger partial charge in [0.05, 0.1) is 39.4 Å². The van der Waals surface area contributed by atoms with E-state index < -0.39 is 5.92 Å². The number of ether oxygens (including phenoxy) is 6. The number of ketones is 1. The van der Waals surface area contributed by atoms with Crippen molar-refractivity contribution in [3.63, 3.8) is 0 Å². The fraction of sp³-hybridized carbons (Fsp3) is 0.231. The fourth-order valence-corrected chi connectivity index (χ4v) is 6.87. The third-order valence-corrected chi connectivity index (χ3v) is 9.29. The molecule has 9 heteroatoms. The Morgan fingerprint density at radius 3 is 2.65 bits per heavy atom. The summed E-state index contributed by atoms with van der Waals surface area (Å²) in [5.74, 6) is 2.76. The normalized spacial score (nSPS) is 17.0. The number of carbonyl (C=O) groups is 2. The van der Waals surface area contributed by atoms with E-state index in [-0.39, 0.29) is 23.9 Å². The van der Waals surface area contributed by atoms with E-state index in [1.165, 1.54) is 11.1 Å². The second-order valence-electron chi connectivity index (χ2n) is 12.2. The molecule has 3 aliphatic heterocycles. The van der Waals surface area contributed by atoms with Crippen molar-refractivity contribution in [1.29, 1.82) is 0 Å². The largest absolute Gasteiger partial charge is 0.497 e. The summed E-state index contributed by atoms with van der Waals surface area (Å²) in [5, 5.41) is 0.932. The van der Waals surface area contributed by atoms with Crippen molar-refractivity contribution in [3.05, 3.63) is 112 Å². The Balaban J connectivity index is 1.11. The maximum atomic E-state index is 13.7. The van der Waals surface area contributed by atoms with Gasteiger partial charge in [0.25, 0.3) is 0 Å². The van der Waals surface area contributed by atoms with Crippen LogP contribution in [0, 0.1) is 0 Å². The lowest BCUT2D eigenvalue weighted by atomic mass is 9.84. The maximum Gasteiger partial charge on any atom is 0.312 e. The first-order chi connectivity index (χ1) is 23.4. The zero-order chi connectivity index (χ0) is 32.9. The van der Waals surface area contributed by atoms with Crippen LogP contribution in [0.5, 0.6) is 34.5 Å². The molecule has 0 amide bonds. The van der Waals surface area contributed by atoms with Gasteiger partial charge in [0.1, 0.15) is 23.0 Å². The molecule has 4 heterocycles. The van der Waals surface area contributed by atoms with E-state index in [0.717, 1.165) is 46.6 Å². The van der Waals surface area contributed by atoms with Crippen molar-refractivity contribution in [1.82, 2.24) is 4.57 Å². The van der Waals surface area contributed by atoms with Crippen LogP contribution in [-0.4, -0.2) is 43.8 Å². The van der Waals surface area contributed by atoms with Crippen LogP contribution in [0.4, 0.5) is 0 Å². The second kappa shape index (κ2) is 11.8. The SMILES string of the molecule is COc1ccc2c(c1)c(C=C1Oc3c(ccc4c3C(c3ccc(OC)c(OCCc5ccc6c(c5)CCO6)c3)CC(=O)O4)C1=O)cn2C. The number of fused-ring (bicyclic) bond motifs is 5. The zero-order valence-corrected chi connectivity index (χ0v) is 26.8. The van der Waals surface area contributed by atoms with E-state index in [1.807, 2.05) is 60.3 Å². The quantitative estimate of drug-likeness (QED) is 0.103. The lowest BCUT2D eigenvalue weighted by Crippen LogP contribution is -2.21. The van der Waals surface area contributed by atoms with Gasteiger partial charge in [0.2, 0.25) is 5.78 Å². The summed E-state index contributed by atoms with van der Waals surface area (Å²) < 4.78 is 37.0. The molecule has 0 N–H and O–H groups in total. The number of allylic oxidation sites excluding steroid dienone is 1. The molecule has 9 nitrogen and oxygen atoms in total. The number of esters is 1. The van der Waals surface area contributed by atoms with Crippen molar-refractivity contribution in [2.24, 2.45) is 7.05 Å². The van der Waals surface area contributed by atoms with Gasteiger partial charge in [-0.1, -0.05) is 18.2 Å². The van der Waals surface area contributed by atoms with E-state index in [0.29, 0.717) is 47.2 Å². The molecule has 0 saturated carbocycles. The number of hydrogen-bond acceptors (Lipinski definition) is 8. The number of Topliss-reactive ketones (excluding diaryl/α,β-unsaturated/α-hetero) is 1. The smallest absolute Gasteiger partial charge is 0.312 e. The number of aromatic nitrogens is 1. The Kier molecular flexibility index (Phi) is 7.32. The predicted octanol–water partition coefficient (Wildman–Crippen LogP) is 6.81. The first-order valence-electron chi connectivity index (χ1n) is 15.9. The summed E-state index contributed by atoms with van der Waals surface area (Å²) in [6.45, 7) is 1.15. The highest BCUT2D eigenvalue weighted by molar-refractivity contribution is 6.15. The minimum atomic E-state index is -0.435. The van der Waals surface area contributed by atoms with Gasteiger partial charge >= 0.3 is 5.97 Å². The minimum Gasteiger partial charge on any atom is -0.497 e. The average molecular weight is 644 g/mol. The van der Waals surface area contributed by atoms with E-state index in [2.05, 4.69) is 12.1 Å². The van der Waals surface area contributed by atoms with E-state index >= 15 is 0 Å². The fourth-order valence-electron chi connectivity index (χ4n) is 6.87. The number of aryl methyl sites for hydroxylation is 1. The molecule has 242 valence electrons. The third-order valence-electron chi connectivity index (χ3n) is 9.29. The van der Waals surface area contributed by atoms with Gasteiger partial charge in [-0.15, -0.1) is 0 Å². The predicted molar refractivity (Wildman–Crippen MR) is 179 cm³/mol. The molecule has 0 radical (unpaired) electrons. The molecular weight excluding hydrogens is 610 g/mol. The van der Waals surface area contributed by atoms with Crippen molar-refractivity contribution in [2.75, 3.05) is 27.4 Å². The van der Waals surface area contributed by atoms with Gasteiger partial charge in [0, 0.05) is 54.0 Å². The van der Waals surface area contributed by atoms with Gasteiger partial charge < -0.3 is 33.0 Å². The highest BCUT2D eigenvalue weighted by Crippen LogP contribution is 2.50. The molecule has 0 spiro atoms. The molecule has 8 rings (SSSR count). The van der Waals surface area contributed by atoms with Crippen molar-refractivity contribution < 1.29 is 38.0 Å². The highest BCUT2D eigenvalue weighted by atomic mass is 16.5. The highest BCUT2D eigenvalue weighted by Gasteiger charge is 2.39. The summed E-state index contributed by atoms with van der Waals surface area (Å²) >= 11 is 0. The van der Waals surface area contributed by atoms with Gasteiger partial charge in [-0.05, 0) is 71.3 Å². The molecule has 48 heavy (non-hydrogen) atoms. The summed E-state index contributed by atoms with van der Waals surface area (Å²) in [4.78, 5) is 26.6. The monoisotopic (exact) mass is 643 g/mol. The molecule has 1 atom stereocenters. The number of carbonyl (C=O) groups excluding carboxylic acids is 2. The number of hydrogen-bond donors (Lipinski definition) is 0. The lowest BCUT2D eigenvalue weighted by Gasteiger charge is -2.27. The molecule has 0 aliphatic carbocycles. The second-order valence-corrected chi connectivity index (χ2v) is 12.2. The molecule has 1 unspecified atom stereocenters. The molecular formula is C39H33NO8. The van der Waals surface area contributed by atoms with Crippen molar-refractivity contribution in [2.45, 2.75) is 25.2 Å². The van der Waals surface area contributed by atoms with Crippen LogP contribution in [0.1, 0.15) is 50.5 Å². The van der Waals surface area contributed by atoms with Crippen molar-refractivity contribution >= 4 is 28.7 Å². The van der Waals surface area contributed by atoms with Gasteiger partial charge in [-0.3, -0.25) is 9.59 Å². The maximum absolute atomic E-state index is 13.7. The Hall–Kier alpha value is -5.70. The first-order valence-corrected chi connectivity index (χ1v) is 15.9. The number of rotatable bonds is 8. The molecule has 0 saturated heterocycles. The lowest BCUT2D eigenvalue weighted by molar-refractivity contribution is -0.135. The van der Waals surface area contributed by atoms with Gasteiger partial charge in [-0.2, -0.15) is 0 Å². The molecule has 3 aliphatic rings. The average Bonchev–Trinajstić information content (AvgIpc) is 3.79. The van der Waals surface area contributed by atoms with E-state index in [9.17, 15) is 9.59 Å². The first kappa shape index (κ1) is 29.7. The summed E-state index contributed by atoms with van der Waals surface area (Å²) in [6.07, 6.45) is 5.41. The summed E-state index contributed by atoms with van der Waals surface area (Å²) in [7, 11) is 5.17. The van der Waals surface area contributed by atoms with Crippen LogP contribution >= 0.6 is 0 Å². The molecule has 4 aromatic carbocycles. The molecule has 0 fully saturated rings. The van der Waals surface area contributed by atoms with Gasteiger partial charge in [-0.25, -0.2) is 0 Å². The number of benzene rings is 4. The standard InChI is InChI=1S/C39H33NO8/c1-40-21-25(28-19-26(43-2)6-8-30(28)40)18-35-38(42)27-7-11-33-37(39(27)48-35)29(20-36(41)47-33)23-5-10-32(44-3)34(17-23)46-14-12-22-4-9-31-24(16-22)13-15-45-31/h4-11,16-19,21,29H,12-15,20H2,1-3H3. The topological polar surface area (TPSA) is 94.5 Å². The minimum absolute atomic E-state index is 0.0755. The Morgan fingerprint density at radius 1 is 0.917 bits per heavy atom. The Labute approximate surface area is 277 Å². The van der Waals surface area contributed by atoms with Crippen LogP contribution in [-0.2, 0) is 24.7 Å². The van der Waals surface area contributed by atoms with Crippen LogP contribution < -0.4 is 28.4 Å². The Bertz CT molecular complexity index is 2160.